The summed E-state index contributed by atoms with van der Waals surface area (Å²) in [6, 6.07) is 6.60. The first-order valence-electron chi connectivity index (χ1n) is 5.78. The minimum Gasteiger partial charge on any atom is -0.465 e. The molecule has 0 aliphatic rings. The van der Waals surface area contributed by atoms with Crippen molar-refractivity contribution in [3.05, 3.63) is 52.4 Å². The number of carbonyl (C=O) groups excluding carboxylic acids is 2. The molecule has 0 saturated heterocycles. The summed E-state index contributed by atoms with van der Waals surface area (Å²) >= 11 is 5.81. The van der Waals surface area contributed by atoms with Crippen molar-refractivity contribution >= 4 is 23.5 Å². The molecule has 1 amide bonds. The monoisotopic (exact) mass is 308 g/mol. The van der Waals surface area contributed by atoms with Crippen LogP contribution in [0.25, 0.3) is 11.3 Å². The van der Waals surface area contributed by atoms with E-state index in [1.807, 2.05) is 0 Å². The van der Waals surface area contributed by atoms with Crippen LogP contribution in [0.15, 0.2) is 30.3 Å². The van der Waals surface area contributed by atoms with E-state index < -0.39 is 17.7 Å². The summed E-state index contributed by atoms with van der Waals surface area (Å²) in [5.41, 5.74) is 5.30. The number of aromatic nitrogens is 1. The number of nitrogens with two attached hydrogens (primary N) is 1. The van der Waals surface area contributed by atoms with Gasteiger partial charge in [-0.2, -0.15) is 0 Å². The Hall–Kier alpha value is -2.47. The van der Waals surface area contributed by atoms with Crippen molar-refractivity contribution in [1.82, 2.24) is 4.98 Å². The van der Waals surface area contributed by atoms with Crippen LogP contribution in [-0.4, -0.2) is 24.0 Å². The molecule has 0 bridgehead atoms. The molecule has 7 heteroatoms. The molecule has 1 heterocycles. The zero-order valence-corrected chi connectivity index (χ0v) is 11.6. The lowest BCUT2D eigenvalue weighted by Gasteiger charge is -2.08. The SMILES string of the molecule is COC(=O)c1cc(-c2cccc(C(N)=O)n2)c(F)cc1Cl. The number of halogens is 2. The van der Waals surface area contributed by atoms with Gasteiger partial charge < -0.3 is 10.5 Å². The first-order chi connectivity index (χ1) is 9.93. The van der Waals surface area contributed by atoms with Crippen LogP contribution in [0.4, 0.5) is 4.39 Å². The molecule has 0 unspecified atom stereocenters. The maximum atomic E-state index is 14.0. The molecule has 0 aliphatic heterocycles. The number of nitrogens with zero attached hydrogens (tertiary/aromatic N) is 1. The van der Waals surface area contributed by atoms with Gasteiger partial charge in [-0.1, -0.05) is 17.7 Å². The fourth-order valence-corrected chi connectivity index (χ4v) is 1.96. The van der Waals surface area contributed by atoms with Gasteiger partial charge >= 0.3 is 5.97 Å². The van der Waals surface area contributed by atoms with Gasteiger partial charge in [0, 0.05) is 5.56 Å². The van der Waals surface area contributed by atoms with E-state index >= 15 is 0 Å². The average molecular weight is 309 g/mol. The van der Waals surface area contributed by atoms with E-state index in [4.69, 9.17) is 17.3 Å². The molecule has 0 fully saturated rings. The number of esters is 1. The molecular weight excluding hydrogens is 299 g/mol. The lowest BCUT2D eigenvalue weighted by Crippen LogP contribution is -2.13. The van der Waals surface area contributed by atoms with Gasteiger partial charge in [-0.3, -0.25) is 4.79 Å². The van der Waals surface area contributed by atoms with Crippen molar-refractivity contribution in [1.29, 1.82) is 0 Å². The highest BCUT2D eigenvalue weighted by molar-refractivity contribution is 6.33. The minimum atomic E-state index is -0.737. The number of methoxy groups -OCH3 is 1. The number of hydrogen-bond acceptors (Lipinski definition) is 4. The number of benzene rings is 1. The van der Waals surface area contributed by atoms with Crippen molar-refractivity contribution in [2.24, 2.45) is 5.73 Å². The predicted molar refractivity (Wildman–Crippen MR) is 74.5 cm³/mol. The summed E-state index contributed by atoms with van der Waals surface area (Å²) in [5.74, 6) is -2.12. The van der Waals surface area contributed by atoms with Crippen LogP contribution in [0.1, 0.15) is 20.8 Å². The van der Waals surface area contributed by atoms with Gasteiger partial charge in [0.1, 0.15) is 11.5 Å². The Balaban J connectivity index is 2.61. The second-order valence-electron chi connectivity index (χ2n) is 4.08. The standard InChI is InChI=1S/C14H10ClFN2O3/c1-21-14(20)7-5-8(10(16)6-9(7)15)11-3-2-4-12(18-11)13(17)19/h2-6H,1H3,(H2,17,19). The summed E-state index contributed by atoms with van der Waals surface area (Å²) in [6.45, 7) is 0. The molecule has 2 N–H and O–H groups in total. The first-order valence-corrected chi connectivity index (χ1v) is 6.16. The maximum absolute atomic E-state index is 14.0. The van der Waals surface area contributed by atoms with Crippen LogP contribution in [-0.2, 0) is 4.74 Å². The van der Waals surface area contributed by atoms with Gasteiger partial charge in [0.15, 0.2) is 0 Å². The van der Waals surface area contributed by atoms with Crippen LogP contribution in [0.3, 0.4) is 0 Å². The summed E-state index contributed by atoms with van der Waals surface area (Å²) in [7, 11) is 1.19. The normalized spacial score (nSPS) is 10.2. The second kappa shape index (κ2) is 5.88. The van der Waals surface area contributed by atoms with Gasteiger partial charge in [-0.05, 0) is 24.3 Å². The van der Waals surface area contributed by atoms with Crippen molar-refractivity contribution in [2.75, 3.05) is 7.11 Å². The van der Waals surface area contributed by atoms with Crippen LogP contribution in [0.2, 0.25) is 5.02 Å². The molecule has 2 aromatic rings. The van der Waals surface area contributed by atoms with Crippen LogP contribution in [0, 0.1) is 5.82 Å². The molecule has 5 nitrogen and oxygen atoms in total. The average Bonchev–Trinajstić information content (AvgIpc) is 2.46. The Morgan fingerprint density at radius 1 is 1.33 bits per heavy atom. The first kappa shape index (κ1) is 14.9. The molecule has 0 radical (unpaired) electrons. The summed E-state index contributed by atoms with van der Waals surface area (Å²) in [5, 5.41) is -0.0749. The zero-order valence-electron chi connectivity index (χ0n) is 10.9. The Bertz CT molecular complexity index is 734. The molecule has 2 rings (SSSR count). The molecule has 0 aliphatic carbocycles. The number of amides is 1. The molecule has 1 aromatic carbocycles. The zero-order chi connectivity index (χ0) is 15.6. The fraction of sp³-hybridized carbons (Fsp3) is 0.0714. The number of rotatable bonds is 3. The van der Waals surface area contributed by atoms with E-state index in [0.717, 1.165) is 6.07 Å². The van der Waals surface area contributed by atoms with E-state index in [1.165, 1.54) is 31.4 Å². The van der Waals surface area contributed by atoms with Gasteiger partial charge in [0.2, 0.25) is 0 Å². The van der Waals surface area contributed by atoms with E-state index in [2.05, 4.69) is 9.72 Å². The van der Waals surface area contributed by atoms with Crippen LogP contribution < -0.4 is 5.73 Å². The van der Waals surface area contributed by atoms with E-state index in [1.54, 1.807) is 0 Å². The van der Waals surface area contributed by atoms with Gasteiger partial charge in [-0.15, -0.1) is 0 Å². The molecule has 108 valence electrons. The Kier molecular flexibility index (Phi) is 4.18. The number of pyridine rings is 1. The summed E-state index contributed by atoms with van der Waals surface area (Å²) < 4.78 is 18.6. The minimum absolute atomic E-state index is 0.00171. The third kappa shape index (κ3) is 3.00. The van der Waals surface area contributed by atoms with E-state index in [9.17, 15) is 14.0 Å². The van der Waals surface area contributed by atoms with Crippen LogP contribution >= 0.6 is 11.6 Å². The number of hydrogen-bond donors (Lipinski definition) is 1. The van der Waals surface area contributed by atoms with E-state index in [-0.39, 0.29) is 27.5 Å². The fourth-order valence-electron chi connectivity index (χ4n) is 1.73. The quantitative estimate of drug-likeness (QED) is 0.883. The number of ether oxygens (including phenoxy) is 1. The van der Waals surface area contributed by atoms with Crippen molar-refractivity contribution in [2.45, 2.75) is 0 Å². The lowest BCUT2D eigenvalue weighted by molar-refractivity contribution is 0.0600. The molecule has 0 saturated carbocycles. The molecule has 0 atom stereocenters. The lowest BCUT2D eigenvalue weighted by atomic mass is 10.1. The third-order valence-electron chi connectivity index (χ3n) is 2.74. The number of carbonyl (C=O) groups is 2. The van der Waals surface area contributed by atoms with Gasteiger partial charge in [-0.25, -0.2) is 14.2 Å². The maximum Gasteiger partial charge on any atom is 0.339 e. The number of primary amides is 1. The molecule has 21 heavy (non-hydrogen) atoms. The van der Waals surface area contributed by atoms with Crippen LogP contribution in [0.5, 0.6) is 0 Å². The van der Waals surface area contributed by atoms with Crippen molar-refractivity contribution in [3.63, 3.8) is 0 Å². The molecule has 0 spiro atoms. The van der Waals surface area contributed by atoms with Gasteiger partial charge in [0.05, 0.1) is 23.4 Å². The highest BCUT2D eigenvalue weighted by Crippen LogP contribution is 2.28. The van der Waals surface area contributed by atoms with Crippen molar-refractivity contribution in [3.8, 4) is 11.3 Å². The Labute approximate surface area is 124 Å². The summed E-state index contributed by atoms with van der Waals surface area (Å²) in [4.78, 5) is 26.6. The predicted octanol–water partition coefficient (Wildman–Crippen LogP) is 2.43. The van der Waals surface area contributed by atoms with Crippen molar-refractivity contribution < 1.29 is 18.7 Å². The second-order valence-corrected chi connectivity index (χ2v) is 4.48. The highest BCUT2D eigenvalue weighted by Gasteiger charge is 2.17. The largest absolute Gasteiger partial charge is 0.465 e. The molecule has 1 aromatic heterocycles. The smallest absolute Gasteiger partial charge is 0.339 e. The Morgan fingerprint density at radius 2 is 2.05 bits per heavy atom. The van der Waals surface area contributed by atoms with Gasteiger partial charge in [0.25, 0.3) is 5.91 Å². The Morgan fingerprint density at radius 3 is 2.67 bits per heavy atom. The third-order valence-corrected chi connectivity index (χ3v) is 3.05. The molecular formula is C14H10ClFN2O3. The highest BCUT2D eigenvalue weighted by atomic mass is 35.5. The summed E-state index contributed by atoms with van der Waals surface area (Å²) in [6.07, 6.45) is 0. The van der Waals surface area contributed by atoms with E-state index in [0.29, 0.717) is 0 Å². The topological polar surface area (TPSA) is 82.3 Å².